The van der Waals surface area contributed by atoms with Gasteiger partial charge in [-0.2, -0.15) is 0 Å². The van der Waals surface area contributed by atoms with Crippen molar-refractivity contribution in [3.05, 3.63) is 65.2 Å². The van der Waals surface area contributed by atoms with Crippen molar-refractivity contribution >= 4 is 6.41 Å². The number of hydrogen-bond acceptors (Lipinski definition) is 5. The van der Waals surface area contributed by atoms with Crippen LogP contribution in [0.5, 0.6) is 5.75 Å². The molecule has 4 N–H and O–H groups in total. The molecule has 0 bridgehead atoms. The van der Waals surface area contributed by atoms with Gasteiger partial charge in [-0.25, -0.2) is 0 Å². The molecule has 1 atom stereocenters. The molecule has 0 aliphatic rings. The summed E-state index contributed by atoms with van der Waals surface area (Å²) in [5, 5.41) is 26.0. The van der Waals surface area contributed by atoms with E-state index in [4.69, 9.17) is 4.74 Å². The van der Waals surface area contributed by atoms with Gasteiger partial charge in [0.25, 0.3) is 0 Å². The number of hydrogen-bond donors (Lipinski definition) is 4. The number of nitrogens with one attached hydrogen (secondary N) is 2. The first kappa shape index (κ1) is 25.8. The maximum absolute atomic E-state index is 10.4. The Labute approximate surface area is 192 Å². The Bertz CT molecular complexity index is 755. The number of carbonyl (C=O) groups is 1. The Balaban J connectivity index is 1.42. The summed E-state index contributed by atoms with van der Waals surface area (Å²) in [5.41, 5.74) is 2.71. The molecule has 0 aliphatic heterocycles. The topological polar surface area (TPSA) is 90.8 Å². The van der Waals surface area contributed by atoms with Crippen molar-refractivity contribution in [3.63, 3.8) is 0 Å². The molecule has 0 radical (unpaired) electrons. The zero-order chi connectivity index (χ0) is 22.9. The van der Waals surface area contributed by atoms with Gasteiger partial charge in [-0.05, 0) is 61.9 Å². The average Bonchev–Trinajstić information content (AvgIpc) is 2.82. The fourth-order valence-electron chi connectivity index (χ4n) is 3.55. The molecule has 6 nitrogen and oxygen atoms in total. The van der Waals surface area contributed by atoms with Gasteiger partial charge in [0, 0.05) is 31.9 Å². The third kappa shape index (κ3) is 10.8. The van der Waals surface area contributed by atoms with Gasteiger partial charge in [-0.1, -0.05) is 49.2 Å². The minimum atomic E-state index is -0.652. The van der Waals surface area contributed by atoms with Gasteiger partial charge < -0.3 is 25.6 Å². The van der Waals surface area contributed by atoms with Crippen molar-refractivity contribution in [2.24, 2.45) is 0 Å². The second kappa shape index (κ2) is 16.3. The summed E-state index contributed by atoms with van der Waals surface area (Å²) in [6.07, 6.45) is 7.78. The van der Waals surface area contributed by atoms with Crippen LogP contribution in [0.3, 0.4) is 0 Å². The highest BCUT2D eigenvalue weighted by Gasteiger charge is 2.10. The van der Waals surface area contributed by atoms with E-state index in [1.165, 1.54) is 12.0 Å². The third-order valence-electron chi connectivity index (χ3n) is 5.44. The lowest BCUT2D eigenvalue weighted by molar-refractivity contribution is -0.109. The highest BCUT2D eigenvalue weighted by molar-refractivity contribution is 5.47. The van der Waals surface area contributed by atoms with Crippen LogP contribution >= 0.6 is 0 Å². The van der Waals surface area contributed by atoms with E-state index in [9.17, 15) is 15.0 Å². The number of aliphatic hydroxyl groups is 1. The second-order valence-electron chi connectivity index (χ2n) is 8.08. The molecule has 0 spiro atoms. The maximum atomic E-state index is 10.4. The molecule has 32 heavy (non-hydrogen) atoms. The molecule has 2 rings (SSSR count). The third-order valence-corrected chi connectivity index (χ3v) is 5.44. The van der Waals surface area contributed by atoms with E-state index in [2.05, 4.69) is 41.0 Å². The normalized spacial score (nSPS) is 11.9. The second-order valence-corrected chi connectivity index (χ2v) is 8.08. The number of rotatable bonds is 18. The molecule has 0 aromatic heterocycles. The Morgan fingerprint density at radius 2 is 1.69 bits per heavy atom. The molecule has 0 saturated carbocycles. The maximum Gasteiger partial charge on any atom is 0.207 e. The summed E-state index contributed by atoms with van der Waals surface area (Å²) >= 11 is 0. The number of amides is 1. The van der Waals surface area contributed by atoms with Gasteiger partial charge in [-0.15, -0.1) is 0 Å². The summed E-state index contributed by atoms with van der Waals surface area (Å²) in [4.78, 5) is 10.4. The predicted molar refractivity (Wildman–Crippen MR) is 128 cm³/mol. The van der Waals surface area contributed by atoms with Gasteiger partial charge >= 0.3 is 0 Å². The Morgan fingerprint density at radius 3 is 2.47 bits per heavy atom. The number of phenolic OH excluding ortho intramolecular Hbond substituents is 1. The number of aromatic hydroxyl groups is 1. The van der Waals surface area contributed by atoms with Gasteiger partial charge in [0.05, 0.1) is 6.10 Å². The van der Waals surface area contributed by atoms with Gasteiger partial charge in [0.15, 0.2) is 0 Å². The first-order valence-corrected chi connectivity index (χ1v) is 11.7. The molecule has 0 saturated heterocycles. The van der Waals surface area contributed by atoms with Gasteiger partial charge in [0.2, 0.25) is 6.41 Å². The molecule has 2 aromatic carbocycles. The van der Waals surface area contributed by atoms with Gasteiger partial charge in [0.1, 0.15) is 5.75 Å². The van der Waals surface area contributed by atoms with Crippen LogP contribution in [-0.4, -0.2) is 42.9 Å². The highest BCUT2D eigenvalue weighted by atomic mass is 16.5. The van der Waals surface area contributed by atoms with Crippen molar-refractivity contribution in [3.8, 4) is 5.75 Å². The fourth-order valence-corrected chi connectivity index (χ4v) is 3.55. The first-order chi connectivity index (χ1) is 15.7. The Kier molecular flexibility index (Phi) is 13.1. The number of aliphatic hydroxyl groups excluding tert-OH is 1. The molecule has 6 heteroatoms. The van der Waals surface area contributed by atoms with E-state index >= 15 is 0 Å². The number of benzene rings is 2. The largest absolute Gasteiger partial charge is 0.508 e. The highest BCUT2D eigenvalue weighted by Crippen LogP contribution is 2.22. The molecule has 0 heterocycles. The molecule has 0 fully saturated rings. The molecule has 1 amide bonds. The summed E-state index contributed by atoms with van der Waals surface area (Å²) in [5.74, 6) is 0.111. The van der Waals surface area contributed by atoms with Crippen LogP contribution in [0.1, 0.15) is 61.3 Å². The number of carbonyl (C=O) groups excluding carboxylic acids is 1. The van der Waals surface area contributed by atoms with Crippen LogP contribution in [0.2, 0.25) is 0 Å². The lowest BCUT2D eigenvalue weighted by Crippen LogP contribution is -2.22. The monoisotopic (exact) mass is 442 g/mol. The van der Waals surface area contributed by atoms with Crippen molar-refractivity contribution in [1.29, 1.82) is 0 Å². The van der Waals surface area contributed by atoms with E-state index in [1.807, 2.05) is 0 Å². The van der Waals surface area contributed by atoms with Crippen molar-refractivity contribution < 1.29 is 19.7 Å². The summed E-state index contributed by atoms with van der Waals surface area (Å²) < 4.78 is 5.73. The van der Waals surface area contributed by atoms with Crippen LogP contribution in [0.25, 0.3) is 0 Å². The predicted octanol–water partition coefficient (Wildman–Crippen LogP) is 3.86. The van der Waals surface area contributed by atoms with Crippen LogP contribution in [0.4, 0.5) is 0 Å². The molecular formula is C26H38N2O4. The molecule has 2 aromatic rings. The zero-order valence-corrected chi connectivity index (χ0v) is 19.0. The number of phenols is 1. The summed E-state index contributed by atoms with van der Waals surface area (Å²) in [6, 6.07) is 15.6. The lowest BCUT2D eigenvalue weighted by Gasteiger charge is -2.14. The molecule has 1 unspecified atom stereocenters. The van der Waals surface area contributed by atoms with E-state index in [1.54, 1.807) is 18.2 Å². The van der Waals surface area contributed by atoms with E-state index in [-0.39, 0.29) is 12.3 Å². The Hall–Kier alpha value is -2.41. The van der Waals surface area contributed by atoms with Crippen LogP contribution in [0, 0.1) is 0 Å². The van der Waals surface area contributed by atoms with Crippen molar-refractivity contribution in [2.75, 3.05) is 26.3 Å². The minimum Gasteiger partial charge on any atom is -0.508 e. The standard InChI is InChI=1S/C26H38N2O4/c29-21-28-19-24-18-23(13-14-25(24)30)26(31)20-27-15-7-1-2-8-16-32-17-9-6-12-22-10-4-3-5-11-22/h3-5,10-11,13-14,18,21,26-27,30-31H,1-2,6-9,12,15-17,19-20H2,(H,28,29). The quantitative estimate of drug-likeness (QED) is 0.208. The molecule has 0 aliphatic carbocycles. The van der Waals surface area contributed by atoms with E-state index < -0.39 is 6.10 Å². The first-order valence-electron chi connectivity index (χ1n) is 11.7. The average molecular weight is 443 g/mol. The van der Waals surface area contributed by atoms with Gasteiger partial charge in [-0.3, -0.25) is 4.79 Å². The fraction of sp³-hybridized carbons (Fsp3) is 0.500. The van der Waals surface area contributed by atoms with Crippen LogP contribution in [0.15, 0.2) is 48.5 Å². The summed E-state index contributed by atoms with van der Waals surface area (Å²) in [6.45, 7) is 3.23. The number of unbranched alkanes of at least 4 members (excludes halogenated alkanes) is 4. The molecular weight excluding hydrogens is 404 g/mol. The number of aryl methyl sites for hydroxylation is 1. The summed E-state index contributed by atoms with van der Waals surface area (Å²) in [7, 11) is 0. The van der Waals surface area contributed by atoms with Crippen molar-refractivity contribution in [2.45, 2.75) is 57.6 Å². The zero-order valence-electron chi connectivity index (χ0n) is 19.0. The molecule has 176 valence electrons. The van der Waals surface area contributed by atoms with Crippen LogP contribution in [-0.2, 0) is 22.5 Å². The van der Waals surface area contributed by atoms with E-state index in [0.29, 0.717) is 18.5 Å². The van der Waals surface area contributed by atoms with E-state index in [0.717, 1.165) is 63.8 Å². The van der Waals surface area contributed by atoms with Crippen molar-refractivity contribution in [1.82, 2.24) is 10.6 Å². The SMILES string of the molecule is O=CNCc1cc(C(O)CNCCCCCCOCCCCc2ccccc2)ccc1O. The van der Waals surface area contributed by atoms with Crippen LogP contribution < -0.4 is 10.6 Å². The minimum absolute atomic E-state index is 0.111. The lowest BCUT2D eigenvalue weighted by atomic mass is 10.0. The smallest absolute Gasteiger partial charge is 0.207 e. The Morgan fingerprint density at radius 1 is 0.938 bits per heavy atom. The number of ether oxygens (including phenoxy) is 1.